The van der Waals surface area contributed by atoms with E-state index in [0.29, 0.717) is 5.38 Å². The Morgan fingerprint density at radius 3 is 2.50 bits per heavy atom. The molecule has 0 heterocycles. The van der Waals surface area contributed by atoms with E-state index >= 15 is 0 Å². The summed E-state index contributed by atoms with van der Waals surface area (Å²) in [7, 11) is 0. The van der Waals surface area contributed by atoms with Crippen molar-refractivity contribution in [1.82, 2.24) is 5.32 Å². The third-order valence-corrected chi connectivity index (χ3v) is 2.83. The molecule has 1 nitrogen and oxygen atoms in total. The van der Waals surface area contributed by atoms with Gasteiger partial charge in [-0.05, 0) is 38.1 Å². The molecule has 0 aromatic carbocycles. The predicted molar refractivity (Wildman–Crippen MR) is 43.4 cm³/mol. The first-order valence-corrected chi connectivity index (χ1v) is 4.65. The molecule has 58 valence electrons. The van der Waals surface area contributed by atoms with Crippen LogP contribution in [0.4, 0.5) is 0 Å². The average molecular weight is 160 g/mol. The molecular formula is C8H14ClN. The van der Waals surface area contributed by atoms with Crippen LogP contribution < -0.4 is 5.32 Å². The highest BCUT2D eigenvalue weighted by Gasteiger charge is 2.29. The lowest BCUT2D eigenvalue weighted by atomic mass is 9.92. The highest BCUT2D eigenvalue weighted by Crippen LogP contribution is 2.30. The fourth-order valence-electron chi connectivity index (χ4n) is 1.37. The second kappa shape index (κ2) is 2.71. The van der Waals surface area contributed by atoms with Crippen molar-refractivity contribution in [1.29, 1.82) is 0 Å². The van der Waals surface area contributed by atoms with Crippen molar-refractivity contribution in [2.24, 2.45) is 5.92 Å². The molecule has 0 aromatic rings. The number of rotatable bonds is 3. The van der Waals surface area contributed by atoms with Crippen molar-refractivity contribution < 1.29 is 0 Å². The minimum atomic E-state index is 0.469. The Morgan fingerprint density at radius 2 is 2.00 bits per heavy atom. The predicted octanol–water partition coefficient (Wildman–Crippen LogP) is 1.76. The summed E-state index contributed by atoms with van der Waals surface area (Å²) in [6.07, 6.45) is 5.27. The van der Waals surface area contributed by atoms with Crippen molar-refractivity contribution in [3.8, 4) is 0 Å². The lowest BCUT2D eigenvalue weighted by molar-refractivity contribution is 0.342. The van der Waals surface area contributed by atoms with Crippen LogP contribution in [0.15, 0.2) is 0 Å². The molecule has 2 aliphatic rings. The van der Waals surface area contributed by atoms with Gasteiger partial charge in [0.25, 0.3) is 0 Å². The molecule has 2 rings (SSSR count). The Bertz CT molecular complexity index is 116. The quantitative estimate of drug-likeness (QED) is 0.619. The van der Waals surface area contributed by atoms with Crippen LogP contribution in [0.2, 0.25) is 0 Å². The van der Waals surface area contributed by atoms with Gasteiger partial charge < -0.3 is 5.32 Å². The minimum Gasteiger partial charge on any atom is -0.314 e. The SMILES string of the molecule is ClC1CC(NCC2CC2)C1. The highest BCUT2D eigenvalue weighted by atomic mass is 35.5. The Morgan fingerprint density at radius 1 is 1.30 bits per heavy atom. The van der Waals surface area contributed by atoms with Gasteiger partial charge in [-0.1, -0.05) is 0 Å². The van der Waals surface area contributed by atoms with Gasteiger partial charge in [0.15, 0.2) is 0 Å². The fraction of sp³-hybridized carbons (Fsp3) is 1.00. The van der Waals surface area contributed by atoms with Gasteiger partial charge in [0, 0.05) is 11.4 Å². The molecule has 0 saturated heterocycles. The zero-order valence-electron chi connectivity index (χ0n) is 6.15. The van der Waals surface area contributed by atoms with E-state index in [1.54, 1.807) is 0 Å². The van der Waals surface area contributed by atoms with Gasteiger partial charge in [-0.15, -0.1) is 11.6 Å². The molecule has 1 N–H and O–H groups in total. The van der Waals surface area contributed by atoms with Crippen molar-refractivity contribution in [3.05, 3.63) is 0 Å². The average Bonchev–Trinajstić information content (AvgIpc) is 2.60. The summed E-state index contributed by atoms with van der Waals surface area (Å²) in [6.45, 7) is 1.24. The monoisotopic (exact) mass is 159 g/mol. The molecule has 0 aliphatic heterocycles. The van der Waals surface area contributed by atoms with Crippen LogP contribution in [0.1, 0.15) is 25.7 Å². The van der Waals surface area contributed by atoms with E-state index in [0.717, 1.165) is 12.0 Å². The number of nitrogens with one attached hydrogen (secondary N) is 1. The third kappa shape index (κ3) is 1.64. The second-order valence-electron chi connectivity index (χ2n) is 3.62. The van der Waals surface area contributed by atoms with Crippen LogP contribution in [0.25, 0.3) is 0 Å². The Labute approximate surface area is 67.1 Å². The van der Waals surface area contributed by atoms with Crippen molar-refractivity contribution in [2.45, 2.75) is 37.1 Å². The lowest BCUT2D eigenvalue weighted by Gasteiger charge is -2.31. The molecule has 0 atom stereocenters. The van der Waals surface area contributed by atoms with E-state index in [-0.39, 0.29) is 0 Å². The molecule has 2 saturated carbocycles. The van der Waals surface area contributed by atoms with Gasteiger partial charge in [0.2, 0.25) is 0 Å². The van der Waals surface area contributed by atoms with E-state index in [4.69, 9.17) is 11.6 Å². The first kappa shape index (κ1) is 6.93. The summed E-state index contributed by atoms with van der Waals surface area (Å²) < 4.78 is 0. The summed E-state index contributed by atoms with van der Waals surface area (Å²) in [5.41, 5.74) is 0. The highest BCUT2D eigenvalue weighted by molar-refractivity contribution is 6.21. The molecule has 2 fully saturated rings. The van der Waals surface area contributed by atoms with E-state index in [1.165, 1.54) is 32.2 Å². The van der Waals surface area contributed by atoms with E-state index in [2.05, 4.69) is 5.32 Å². The summed E-state index contributed by atoms with van der Waals surface area (Å²) in [6, 6.07) is 0.753. The summed E-state index contributed by atoms with van der Waals surface area (Å²) in [5, 5.41) is 4.00. The molecular weight excluding hydrogens is 146 g/mol. The smallest absolute Gasteiger partial charge is 0.0365 e. The molecule has 2 aliphatic carbocycles. The third-order valence-electron chi connectivity index (χ3n) is 2.47. The van der Waals surface area contributed by atoms with Crippen molar-refractivity contribution >= 4 is 11.6 Å². The van der Waals surface area contributed by atoms with Gasteiger partial charge in [-0.25, -0.2) is 0 Å². The molecule has 0 amide bonds. The second-order valence-corrected chi connectivity index (χ2v) is 4.23. The van der Waals surface area contributed by atoms with Crippen LogP contribution in [0.5, 0.6) is 0 Å². The zero-order valence-corrected chi connectivity index (χ0v) is 6.90. The fourth-order valence-corrected chi connectivity index (χ4v) is 1.80. The van der Waals surface area contributed by atoms with Gasteiger partial charge in [0.05, 0.1) is 0 Å². The van der Waals surface area contributed by atoms with Gasteiger partial charge in [-0.3, -0.25) is 0 Å². The molecule has 0 spiro atoms. The van der Waals surface area contributed by atoms with Crippen LogP contribution in [-0.4, -0.2) is 18.0 Å². The van der Waals surface area contributed by atoms with E-state index in [9.17, 15) is 0 Å². The number of alkyl halides is 1. The molecule has 10 heavy (non-hydrogen) atoms. The topological polar surface area (TPSA) is 12.0 Å². The molecule has 2 heteroatoms. The molecule has 0 radical (unpaired) electrons. The Kier molecular flexibility index (Phi) is 1.88. The Balaban J connectivity index is 1.54. The van der Waals surface area contributed by atoms with Crippen LogP contribution in [-0.2, 0) is 0 Å². The standard InChI is InChI=1S/C8H14ClN/c9-7-3-8(4-7)10-5-6-1-2-6/h6-8,10H,1-5H2. The zero-order chi connectivity index (χ0) is 6.97. The summed E-state index contributed by atoms with van der Waals surface area (Å²) >= 11 is 5.83. The molecule has 0 unspecified atom stereocenters. The molecule has 0 bridgehead atoms. The lowest BCUT2D eigenvalue weighted by Crippen LogP contribution is -2.42. The maximum atomic E-state index is 5.83. The minimum absolute atomic E-state index is 0.469. The Hall–Kier alpha value is 0.250. The van der Waals surface area contributed by atoms with Crippen LogP contribution in [0, 0.1) is 5.92 Å². The van der Waals surface area contributed by atoms with E-state index in [1.807, 2.05) is 0 Å². The maximum Gasteiger partial charge on any atom is 0.0365 e. The van der Waals surface area contributed by atoms with Crippen molar-refractivity contribution in [2.75, 3.05) is 6.54 Å². The normalized spacial score (nSPS) is 39.3. The van der Waals surface area contributed by atoms with Gasteiger partial charge in [-0.2, -0.15) is 0 Å². The van der Waals surface area contributed by atoms with Gasteiger partial charge in [0.1, 0.15) is 0 Å². The summed E-state index contributed by atoms with van der Waals surface area (Å²) in [5.74, 6) is 1.01. The number of hydrogen-bond donors (Lipinski definition) is 1. The summed E-state index contributed by atoms with van der Waals surface area (Å²) in [4.78, 5) is 0. The molecule has 0 aromatic heterocycles. The van der Waals surface area contributed by atoms with Crippen LogP contribution in [0.3, 0.4) is 0 Å². The largest absolute Gasteiger partial charge is 0.314 e. The maximum absolute atomic E-state index is 5.83. The van der Waals surface area contributed by atoms with Gasteiger partial charge >= 0.3 is 0 Å². The van der Waals surface area contributed by atoms with E-state index < -0.39 is 0 Å². The first-order chi connectivity index (χ1) is 4.84. The number of hydrogen-bond acceptors (Lipinski definition) is 1. The number of halogens is 1. The van der Waals surface area contributed by atoms with Crippen LogP contribution >= 0.6 is 11.6 Å². The first-order valence-electron chi connectivity index (χ1n) is 4.22. The van der Waals surface area contributed by atoms with Crippen molar-refractivity contribution in [3.63, 3.8) is 0 Å².